The molecule has 1 atom stereocenters. The van der Waals surface area contributed by atoms with Crippen LogP contribution in [0.1, 0.15) is 16.7 Å². The number of nitrogens with zero attached hydrogens (tertiary/aromatic N) is 2. The van der Waals surface area contributed by atoms with E-state index in [4.69, 9.17) is 0 Å². The number of amides is 1. The van der Waals surface area contributed by atoms with Crippen molar-refractivity contribution in [1.82, 2.24) is 14.7 Å². The minimum Gasteiger partial charge on any atom is -0.342 e. The van der Waals surface area contributed by atoms with Crippen LogP contribution in [0.2, 0.25) is 0 Å². The van der Waals surface area contributed by atoms with Gasteiger partial charge in [-0.1, -0.05) is 78.9 Å². The number of rotatable bonds is 10. The Morgan fingerprint density at radius 2 is 1.48 bits per heavy atom. The zero-order valence-electron chi connectivity index (χ0n) is 21.4. The van der Waals surface area contributed by atoms with E-state index in [-0.39, 0.29) is 11.3 Å². The van der Waals surface area contributed by atoms with Gasteiger partial charge in [-0.05, 0) is 70.5 Å². The van der Waals surface area contributed by atoms with Gasteiger partial charge in [-0.15, -0.1) is 0 Å². The maximum Gasteiger partial charge on any atom is 0.258 e. The summed E-state index contributed by atoms with van der Waals surface area (Å²) < 4.78 is 31.8. The fourth-order valence-electron chi connectivity index (χ4n) is 4.44. The van der Waals surface area contributed by atoms with E-state index in [1.54, 1.807) is 18.3 Å². The molecule has 0 saturated carbocycles. The highest BCUT2D eigenvalue weighted by molar-refractivity contribution is 14.1. The maximum atomic E-state index is 13.3. The molecule has 0 bridgehead atoms. The maximum absolute atomic E-state index is 13.3. The first kappa shape index (κ1) is 27.8. The first-order valence-corrected chi connectivity index (χ1v) is 15.2. The van der Waals surface area contributed by atoms with Gasteiger partial charge in [-0.2, -0.15) is 9.82 Å². The smallest absolute Gasteiger partial charge is 0.258 e. The number of carbonyl (C=O) groups is 1. The van der Waals surface area contributed by atoms with Gasteiger partial charge in [0.05, 0.1) is 11.1 Å². The van der Waals surface area contributed by atoms with Crippen molar-refractivity contribution < 1.29 is 13.2 Å². The highest BCUT2D eigenvalue weighted by Crippen LogP contribution is 2.21. The van der Waals surface area contributed by atoms with Crippen LogP contribution in [-0.2, 0) is 27.8 Å². The molecule has 1 heterocycles. The van der Waals surface area contributed by atoms with Gasteiger partial charge in [0.25, 0.3) is 5.91 Å². The molecule has 0 saturated heterocycles. The molecule has 202 valence electrons. The van der Waals surface area contributed by atoms with Gasteiger partial charge in [-0.3, -0.25) is 4.79 Å². The van der Waals surface area contributed by atoms with Crippen LogP contribution in [0.3, 0.4) is 0 Å². The summed E-state index contributed by atoms with van der Waals surface area (Å²) in [6.45, 7) is 0.695. The lowest BCUT2D eigenvalue weighted by molar-refractivity contribution is -0.122. The molecule has 5 aromatic rings. The number of hydrogen-bond donors (Lipinski definition) is 2. The van der Waals surface area contributed by atoms with E-state index >= 15 is 0 Å². The van der Waals surface area contributed by atoms with Crippen molar-refractivity contribution in [2.45, 2.75) is 23.9 Å². The zero-order valence-corrected chi connectivity index (χ0v) is 24.4. The molecule has 1 amide bonds. The second-order valence-electron chi connectivity index (χ2n) is 9.27. The molecule has 9 heteroatoms. The summed E-state index contributed by atoms with van der Waals surface area (Å²) in [5, 5.41) is 5.21. The molecule has 7 nitrogen and oxygen atoms in total. The number of aromatic nitrogens is 1. The van der Waals surface area contributed by atoms with Crippen molar-refractivity contribution in [2.24, 2.45) is 5.10 Å². The number of benzene rings is 4. The lowest BCUT2D eigenvalue weighted by atomic mass is 10.1. The topological polar surface area (TPSA) is 92.6 Å². The molecule has 0 fully saturated rings. The van der Waals surface area contributed by atoms with Gasteiger partial charge in [0, 0.05) is 32.8 Å². The lowest BCUT2D eigenvalue weighted by Gasteiger charge is -2.17. The second kappa shape index (κ2) is 12.6. The summed E-state index contributed by atoms with van der Waals surface area (Å²) in [5.74, 6) is -0.554. The fraction of sp³-hybridized carbons (Fsp3) is 0.0968. The molecule has 0 aliphatic heterocycles. The number of hydrazone groups is 1. The van der Waals surface area contributed by atoms with Crippen LogP contribution in [0.25, 0.3) is 10.9 Å². The van der Waals surface area contributed by atoms with Crippen LogP contribution in [0.15, 0.2) is 125 Å². The Morgan fingerprint density at radius 3 is 2.17 bits per heavy atom. The van der Waals surface area contributed by atoms with Crippen LogP contribution < -0.4 is 10.1 Å². The quantitative estimate of drug-likeness (QED) is 0.120. The van der Waals surface area contributed by atoms with Gasteiger partial charge in [0.15, 0.2) is 0 Å². The molecule has 0 radical (unpaired) electrons. The third-order valence-corrected chi connectivity index (χ3v) is 8.62. The Kier molecular flexibility index (Phi) is 8.73. The Hall–Kier alpha value is -3.80. The van der Waals surface area contributed by atoms with Crippen molar-refractivity contribution in [1.29, 1.82) is 0 Å². The molecule has 0 aliphatic carbocycles. The highest BCUT2D eigenvalue weighted by Gasteiger charge is 2.26. The molecule has 1 aromatic heterocycles. The first-order valence-electron chi connectivity index (χ1n) is 12.7. The number of nitrogens with one attached hydrogen (secondary N) is 2. The van der Waals surface area contributed by atoms with Gasteiger partial charge in [-0.25, -0.2) is 13.8 Å². The van der Waals surface area contributed by atoms with Gasteiger partial charge < -0.3 is 4.57 Å². The number of sulfonamides is 1. The number of carbonyl (C=O) groups excluding carboxylic acids is 1. The van der Waals surface area contributed by atoms with Gasteiger partial charge in [0.1, 0.15) is 6.04 Å². The van der Waals surface area contributed by atoms with Crippen molar-refractivity contribution in [2.75, 3.05) is 0 Å². The minimum atomic E-state index is -3.94. The largest absolute Gasteiger partial charge is 0.342 e. The molecule has 4 aromatic carbocycles. The third-order valence-electron chi connectivity index (χ3n) is 6.41. The summed E-state index contributed by atoms with van der Waals surface area (Å²) in [6.07, 6.45) is 3.76. The monoisotopic (exact) mass is 662 g/mol. The summed E-state index contributed by atoms with van der Waals surface area (Å²) >= 11 is 2.11. The van der Waals surface area contributed by atoms with E-state index in [1.807, 2.05) is 79.0 Å². The molecular weight excluding hydrogens is 635 g/mol. The highest BCUT2D eigenvalue weighted by atomic mass is 127. The van der Waals surface area contributed by atoms with Crippen LogP contribution in [-0.4, -0.2) is 31.1 Å². The van der Waals surface area contributed by atoms with Gasteiger partial charge >= 0.3 is 0 Å². The summed E-state index contributed by atoms with van der Waals surface area (Å²) in [4.78, 5) is 13.3. The fourth-order valence-corrected chi connectivity index (χ4v) is 5.99. The van der Waals surface area contributed by atoms with E-state index in [0.29, 0.717) is 6.54 Å². The van der Waals surface area contributed by atoms with Crippen LogP contribution in [0, 0.1) is 3.57 Å². The number of fused-ring (bicyclic) bond motifs is 1. The van der Waals surface area contributed by atoms with Crippen LogP contribution in [0.4, 0.5) is 0 Å². The van der Waals surface area contributed by atoms with Crippen LogP contribution >= 0.6 is 22.6 Å². The van der Waals surface area contributed by atoms with E-state index < -0.39 is 22.0 Å². The zero-order chi connectivity index (χ0) is 28.0. The molecule has 0 unspecified atom stereocenters. The molecule has 5 rings (SSSR count). The molecule has 0 aliphatic rings. The molecular formula is C31H27IN4O3S. The van der Waals surface area contributed by atoms with Crippen LogP contribution in [0.5, 0.6) is 0 Å². The number of para-hydroxylation sites is 1. The van der Waals surface area contributed by atoms with E-state index in [2.05, 4.69) is 54.5 Å². The average molecular weight is 663 g/mol. The van der Waals surface area contributed by atoms with Gasteiger partial charge in [0.2, 0.25) is 10.0 Å². The standard InChI is InChI=1S/C31H27IN4O3S/c32-26-15-17-27(18-16-26)40(38,39)35-29(19-23-9-3-1-4-10-23)31(37)34-33-20-25-22-36(21-24-11-5-2-6-12-24)30-14-8-7-13-28(25)30/h1-18,20,22,29,35H,19,21H2,(H,34,37)/b33-20-/t29-/m1/s1. The Labute approximate surface area is 247 Å². The number of halogens is 1. The Bertz CT molecular complexity index is 1740. The SMILES string of the molecule is O=C(N/N=C\c1cn(Cc2ccccc2)c2ccccc12)[C@@H](Cc1ccccc1)NS(=O)(=O)c1ccc(I)cc1. The van der Waals surface area contributed by atoms with Crippen molar-refractivity contribution in [3.63, 3.8) is 0 Å². The minimum absolute atomic E-state index is 0.0912. The third kappa shape index (κ3) is 6.85. The normalized spacial score (nSPS) is 12.5. The summed E-state index contributed by atoms with van der Waals surface area (Å²) in [6, 6.07) is 32.8. The summed E-state index contributed by atoms with van der Waals surface area (Å²) in [7, 11) is -3.94. The Morgan fingerprint density at radius 1 is 0.850 bits per heavy atom. The van der Waals surface area contributed by atoms with E-state index in [0.717, 1.165) is 25.6 Å². The molecule has 2 N–H and O–H groups in total. The second-order valence-corrected chi connectivity index (χ2v) is 12.2. The van der Waals surface area contributed by atoms with Crippen molar-refractivity contribution >= 4 is 55.6 Å². The predicted molar refractivity (Wildman–Crippen MR) is 167 cm³/mol. The van der Waals surface area contributed by atoms with Crippen molar-refractivity contribution in [3.8, 4) is 0 Å². The first-order chi connectivity index (χ1) is 19.4. The number of hydrogen-bond acceptors (Lipinski definition) is 4. The molecule has 0 spiro atoms. The molecule has 40 heavy (non-hydrogen) atoms. The Balaban J connectivity index is 1.36. The van der Waals surface area contributed by atoms with E-state index in [9.17, 15) is 13.2 Å². The predicted octanol–water partition coefficient (Wildman–Crippen LogP) is 5.33. The van der Waals surface area contributed by atoms with E-state index in [1.165, 1.54) is 17.7 Å². The average Bonchev–Trinajstić information content (AvgIpc) is 3.31. The van der Waals surface area contributed by atoms with Crippen molar-refractivity contribution in [3.05, 3.63) is 136 Å². The lowest BCUT2D eigenvalue weighted by Crippen LogP contribution is -2.46. The summed E-state index contributed by atoms with van der Waals surface area (Å²) in [5.41, 5.74) is 6.43.